The summed E-state index contributed by atoms with van der Waals surface area (Å²) in [6.07, 6.45) is 8.63. The Labute approximate surface area is 147 Å². The standard InChI is InChI=1S/C19H22N6/c20-11-7-13-25-15-17(19(24-25)16-8-3-1-4-9-16)14-22-23-18-10-5-2-6-12-21-18/h1,3-4,8-9,14-15H,2,5-7,10,12-13H2,(H,21,23). The molecule has 128 valence electrons. The Morgan fingerprint density at radius 2 is 2.12 bits per heavy atom. The molecular formula is C19H22N6. The lowest BCUT2D eigenvalue weighted by molar-refractivity contribution is 0.629. The van der Waals surface area contributed by atoms with E-state index in [1.54, 1.807) is 10.9 Å². The van der Waals surface area contributed by atoms with Crippen molar-refractivity contribution in [3.05, 3.63) is 42.1 Å². The second kappa shape index (κ2) is 8.78. The van der Waals surface area contributed by atoms with Gasteiger partial charge in [-0.1, -0.05) is 36.8 Å². The molecule has 1 aliphatic heterocycles. The summed E-state index contributed by atoms with van der Waals surface area (Å²) in [5, 5.41) is 17.8. The molecule has 1 aliphatic rings. The zero-order chi connectivity index (χ0) is 17.3. The minimum absolute atomic E-state index is 0.432. The Balaban J connectivity index is 1.78. The first-order chi connectivity index (χ1) is 12.4. The van der Waals surface area contributed by atoms with Crippen LogP contribution in [0.15, 0.2) is 46.6 Å². The molecule has 0 fully saturated rings. The SMILES string of the molecule is N#CCCn1cc(C=NNC2=NCCCCC2)c(-c2ccccc2)n1. The Morgan fingerprint density at radius 3 is 2.96 bits per heavy atom. The summed E-state index contributed by atoms with van der Waals surface area (Å²) in [6, 6.07) is 12.2. The number of aliphatic imine (C=N–C) groups is 1. The molecule has 6 nitrogen and oxygen atoms in total. The van der Waals surface area contributed by atoms with Crippen LogP contribution in [0.3, 0.4) is 0 Å². The van der Waals surface area contributed by atoms with Crippen molar-refractivity contribution in [3.8, 4) is 17.3 Å². The van der Waals surface area contributed by atoms with E-state index in [0.29, 0.717) is 13.0 Å². The Kier molecular flexibility index (Phi) is 5.94. The van der Waals surface area contributed by atoms with Crippen molar-refractivity contribution in [2.45, 2.75) is 38.6 Å². The molecule has 3 rings (SSSR count). The highest BCUT2D eigenvalue weighted by atomic mass is 15.3. The molecule has 6 heteroatoms. The number of benzene rings is 1. The number of nitriles is 1. The minimum Gasteiger partial charge on any atom is -0.271 e. The first-order valence-corrected chi connectivity index (χ1v) is 8.69. The third-order valence-corrected chi connectivity index (χ3v) is 4.06. The van der Waals surface area contributed by atoms with E-state index in [2.05, 4.69) is 26.7 Å². The van der Waals surface area contributed by atoms with Crippen LogP contribution in [0.4, 0.5) is 0 Å². The summed E-state index contributed by atoms with van der Waals surface area (Å²) in [5.74, 6) is 0.951. The summed E-state index contributed by atoms with van der Waals surface area (Å²) in [6.45, 7) is 1.45. The lowest BCUT2D eigenvalue weighted by Crippen LogP contribution is -2.17. The summed E-state index contributed by atoms with van der Waals surface area (Å²) >= 11 is 0. The Bertz CT molecular complexity index is 782. The zero-order valence-corrected chi connectivity index (χ0v) is 14.2. The first-order valence-electron chi connectivity index (χ1n) is 8.69. The van der Waals surface area contributed by atoms with Gasteiger partial charge in [0.25, 0.3) is 0 Å². The monoisotopic (exact) mass is 334 g/mol. The van der Waals surface area contributed by atoms with E-state index in [-0.39, 0.29) is 0 Å². The molecule has 0 aliphatic carbocycles. The number of aryl methyl sites for hydroxylation is 1. The molecule has 0 bridgehead atoms. The van der Waals surface area contributed by atoms with Crippen molar-refractivity contribution < 1.29 is 0 Å². The van der Waals surface area contributed by atoms with Crippen molar-refractivity contribution in [1.29, 1.82) is 5.26 Å². The van der Waals surface area contributed by atoms with E-state index < -0.39 is 0 Å². The van der Waals surface area contributed by atoms with Gasteiger partial charge in [0, 0.05) is 30.3 Å². The quantitative estimate of drug-likeness (QED) is 0.672. The molecule has 0 atom stereocenters. The maximum absolute atomic E-state index is 8.79. The van der Waals surface area contributed by atoms with Crippen molar-refractivity contribution in [2.24, 2.45) is 10.1 Å². The Hall–Kier alpha value is -2.94. The van der Waals surface area contributed by atoms with Gasteiger partial charge in [-0.3, -0.25) is 15.1 Å². The fourth-order valence-electron chi connectivity index (χ4n) is 2.77. The molecule has 0 radical (unpaired) electrons. The highest BCUT2D eigenvalue weighted by molar-refractivity contribution is 5.90. The van der Waals surface area contributed by atoms with Crippen LogP contribution in [0.5, 0.6) is 0 Å². The van der Waals surface area contributed by atoms with E-state index in [9.17, 15) is 0 Å². The minimum atomic E-state index is 0.432. The number of hydrazone groups is 1. The summed E-state index contributed by atoms with van der Waals surface area (Å²) in [4.78, 5) is 4.52. The van der Waals surface area contributed by atoms with Gasteiger partial charge in [0.2, 0.25) is 0 Å². The van der Waals surface area contributed by atoms with Gasteiger partial charge >= 0.3 is 0 Å². The molecule has 2 aromatic rings. The van der Waals surface area contributed by atoms with Crippen LogP contribution in [0.25, 0.3) is 11.3 Å². The average Bonchev–Trinajstić information content (AvgIpc) is 2.87. The third-order valence-electron chi connectivity index (χ3n) is 4.06. The number of aromatic nitrogens is 2. The van der Waals surface area contributed by atoms with Gasteiger partial charge in [0.1, 0.15) is 11.5 Å². The molecule has 1 aromatic carbocycles. The molecule has 1 N–H and O–H groups in total. The van der Waals surface area contributed by atoms with Crippen molar-refractivity contribution >= 4 is 12.1 Å². The second-order valence-corrected chi connectivity index (χ2v) is 5.98. The van der Waals surface area contributed by atoms with Crippen molar-refractivity contribution in [2.75, 3.05) is 6.54 Å². The number of nitrogens with one attached hydrogen (secondary N) is 1. The van der Waals surface area contributed by atoms with Crippen LogP contribution in [-0.2, 0) is 6.54 Å². The number of hydrogen-bond donors (Lipinski definition) is 1. The van der Waals surface area contributed by atoms with Crippen LogP contribution in [0.2, 0.25) is 0 Å². The predicted octanol–water partition coefficient (Wildman–Crippen LogP) is 3.36. The summed E-state index contributed by atoms with van der Waals surface area (Å²) in [5.41, 5.74) is 5.89. The largest absolute Gasteiger partial charge is 0.271 e. The van der Waals surface area contributed by atoms with E-state index in [1.807, 2.05) is 36.5 Å². The van der Waals surface area contributed by atoms with Gasteiger partial charge in [-0.05, 0) is 12.8 Å². The second-order valence-electron chi connectivity index (χ2n) is 5.98. The lowest BCUT2D eigenvalue weighted by atomic mass is 10.1. The van der Waals surface area contributed by atoms with Gasteiger partial charge in [-0.15, -0.1) is 0 Å². The lowest BCUT2D eigenvalue weighted by Gasteiger charge is -2.02. The van der Waals surface area contributed by atoms with Gasteiger partial charge in [-0.2, -0.15) is 15.5 Å². The third kappa shape index (κ3) is 4.77. The maximum Gasteiger partial charge on any atom is 0.117 e. The van der Waals surface area contributed by atoms with Crippen molar-refractivity contribution in [1.82, 2.24) is 15.2 Å². The highest BCUT2D eigenvalue weighted by Crippen LogP contribution is 2.20. The van der Waals surface area contributed by atoms with Crippen LogP contribution in [0, 0.1) is 11.3 Å². The number of hydrogen-bond acceptors (Lipinski definition) is 5. The van der Waals surface area contributed by atoms with Gasteiger partial charge in [-0.25, -0.2) is 0 Å². The topological polar surface area (TPSA) is 78.4 Å². The fourth-order valence-corrected chi connectivity index (χ4v) is 2.77. The molecule has 2 heterocycles. The van der Waals surface area contributed by atoms with Crippen LogP contribution in [-0.4, -0.2) is 28.4 Å². The van der Waals surface area contributed by atoms with Gasteiger partial charge in [0.15, 0.2) is 0 Å². The Morgan fingerprint density at radius 1 is 1.24 bits per heavy atom. The van der Waals surface area contributed by atoms with Gasteiger partial charge in [0.05, 0.1) is 25.2 Å². The zero-order valence-electron chi connectivity index (χ0n) is 14.2. The molecule has 25 heavy (non-hydrogen) atoms. The number of amidine groups is 1. The molecule has 0 amide bonds. The summed E-state index contributed by atoms with van der Waals surface area (Å²) < 4.78 is 1.80. The van der Waals surface area contributed by atoms with Crippen molar-refractivity contribution in [3.63, 3.8) is 0 Å². The molecule has 0 saturated heterocycles. The van der Waals surface area contributed by atoms with Gasteiger partial charge < -0.3 is 0 Å². The first kappa shape index (κ1) is 16.9. The normalized spacial score (nSPS) is 14.8. The average molecular weight is 334 g/mol. The fraction of sp³-hybridized carbons (Fsp3) is 0.368. The molecule has 1 aromatic heterocycles. The number of nitrogens with zero attached hydrogens (tertiary/aromatic N) is 5. The van der Waals surface area contributed by atoms with Crippen LogP contribution >= 0.6 is 0 Å². The van der Waals surface area contributed by atoms with Crippen LogP contribution < -0.4 is 5.43 Å². The predicted molar refractivity (Wildman–Crippen MR) is 99.4 cm³/mol. The van der Waals surface area contributed by atoms with Crippen LogP contribution in [0.1, 0.15) is 37.7 Å². The smallest absolute Gasteiger partial charge is 0.117 e. The molecule has 0 unspecified atom stereocenters. The van der Waals surface area contributed by atoms with E-state index in [4.69, 9.17) is 5.26 Å². The molecule has 0 saturated carbocycles. The maximum atomic E-state index is 8.79. The highest BCUT2D eigenvalue weighted by Gasteiger charge is 2.10. The molecular weight excluding hydrogens is 312 g/mol. The number of rotatable bonds is 5. The molecule has 0 spiro atoms. The van der Waals surface area contributed by atoms with E-state index in [0.717, 1.165) is 48.5 Å². The van der Waals surface area contributed by atoms with E-state index >= 15 is 0 Å². The van der Waals surface area contributed by atoms with E-state index in [1.165, 1.54) is 6.42 Å². The summed E-state index contributed by atoms with van der Waals surface area (Å²) in [7, 11) is 0.